The van der Waals surface area contributed by atoms with Crippen LogP contribution in [-0.2, 0) is 4.74 Å². The van der Waals surface area contributed by atoms with E-state index < -0.39 is 0 Å². The van der Waals surface area contributed by atoms with Gasteiger partial charge in [0, 0.05) is 25.7 Å². The Kier molecular flexibility index (Phi) is 6.74. The van der Waals surface area contributed by atoms with E-state index in [1.807, 2.05) is 0 Å². The van der Waals surface area contributed by atoms with Crippen molar-refractivity contribution >= 4 is 18.3 Å². The Morgan fingerprint density at radius 3 is 2.81 bits per heavy atom. The van der Waals surface area contributed by atoms with Crippen molar-refractivity contribution in [3.8, 4) is 11.5 Å². The van der Waals surface area contributed by atoms with Crippen molar-refractivity contribution in [1.82, 2.24) is 4.90 Å². The van der Waals surface area contributed by atoms with Crippen molar-refractivity contribution in [3.63, 3.8) is 0 Å². The van der Waals surface area contributed by atoms with Crippen molar-refractivity contribution < 1.29 is 19.0 Å². The molecule has 7 heteroatoms. The van der Waals surface area contributed by atoms with E-state index >= 15 is 0 Å². The first-order chi connectivity index (χ1) is 9.69. The van der Waals surface area contributed by atoms with Gasteiger partial charge in [-0.05, 0) is 12.1 Å². The third kappa shape index (κ3) is 4.00. The fourth-order valence-electron chi connectivity index (χ4n) is 2.19. The number of rotatable bonds is 4. The van der Waals surface area contributed by atoms with E-state index in [1.54, 1.807) is 30.2 Å². The lowest BCUT2D eigenvalue weighted by molar-refractivity contribution is -0.0168. The molecule has 1 aromatic carbocycles. The molecule has 0 spiro atoms. The van der Waals surface area contributed by atoms with Crippen LogP contribution >= 0.6 is 12.4 Å². The van der Waals surface area contributed by atoms with E-state index in [-0.39, 0.29) is 24.4 Å². The fraction of sp³-hybridized carbons (Fsp3) is 0.500. The molecule has 6 nitrogen and oxygen atoms in total. The third-order valence-corrected chi connectivity index (χ3v) is 3.33. The standard InChI is InChI=1S/C14H20N2O4.ClH/c1-18-10-3-4-12(13(7-10)19-2)14(17)16-5-6-20-11(8-15)9-16;/h3-4,7,11H,5-6,8-9,15H2,1-2H3;1H. The summed E-state index contributed by atoms with van der Waals surface area (Å²) < 4.78 is 15.9. The summed E-state index contributed by atoms with van der Waals surface area (Å²) in [4.78, 5) is 14.3. The maximum atomic E-state index is 12.5. The predicted octanol–water partition coefficient (Wildman–Crippen LogP) is 0.925. The number of ether oxygens (including phenoxy) is 3. The first-order valence-corrected chi connectivity index (χ1v) is 6.52. The highest BCUT2D eigenvalue weighted by Crippen LogP contribution is 2.26. The summed E-state index contributed by atoms with van der Waals surface area (Å²) in [6, 6.07) is 5.16. The number of methoxy groups -OCH3 is 2. The van der Waals surface area contributed by atoms with Crippen LogP contribution in [0.15, 0.2) is 18.2 Å². The van der Waals surface area contributed by atoms with E-state index in [2.05, 4.69) is 0 Å². The van der Waals surface area contributed by atoms with Crippen LogP contribution in [0, 0.1) is 0 Å². The number of morpholine rings is 1. The minimum Gasteiger partial charge on any atom is -0.497 e. The molecule has 1 saturated heterocycles. The predicted molar refractivity (Wildman–Crippen MR) is 81.5 cm³/mol. The number of hydrogen-bond acceptors (Lipinski definition) is 5. The minimum atomic E-state index is -0.100. The normalized spacial score (nSPS) is 17.9. The summed E-state index contributed by atoms with van der Waals surface area (Å²) in [6.45, 7) is 1.98. The van der Waals surface area contributed by atoms with Crippen molar-refractivity contribution in [3.05, 3.63) is 23.8 Å². The second kappa shape index (κ2) is 8.07. The van der Waals surface area contributed by atoms with Crippen LogP contribution < -0.4 is 15.2 Å². The molecule has 0 aromatic heterocycles. The second-order valence-electron chi connectivity index (χ2n) is 4.55. The second-order valence-corrected chi connectivity index (χ2v) is 4.55. The van der Waals surface area contributed by atoms with E-state index in [0.29, 0.717) is 43.3 Å². The topological polar surface area (TPSA) is 74.0 Å². The maximum Gasteiger partial charge on any atom is 0.257 e. The number of nitrogens with zero attached hydrogens (tertiary/aromatic N) is 1. The van der Waals surface area contributed by atoms with Gasteiger partial charge < -0.3 is 24.8 Å². The van der Waals surface area contributed by atoms with E-state index in [1.165, 1.54) is 7.11 Å². The molecule has 21 heavy (non-hydrogen) atoms. The van der Waals surface area contributed by atoms with Gasteiger partial charge in [-0.3, -0.25) is 4.79 Å². The number of amides is 1. The van der Waals surface area contributed by atoms with Gasteiger partial charge in [0.05, 0.1) is 32.5 Å². The first-order valence-electron chi connectivity index (χ1n) is 6.52. The number of halogens is 1. The monoisotopic (exact) mass is 316 g/mol. The van der Waals surface area contributed by atoms with Crippen LogP contribution in [0.2, 0.25) is 0 Å². The van der Waals surface area contributed by atoms with Crippen molar-refractivity contribution in [2.75, 3.05) is 40.5 Å². The zero-order valence-electron chi connectivity index (χ0n) is 12.2. The molecule has 0 bridgehead atoms. The summed E-state index contributed by atoms with van der Waals surface area (Å²) >= 11 is 0. The SMILES string of the molecule is COc1ccc(C(=O)N2CCOC(CN)C2)c(OC)c1.Cl. The average molecular weight is 317 g/mol. The van der Waals surface area contributed by atoms with E-state index in [0.717, 1.165) is 0 Å². The van der Waals surface area contributed by atoms with Crippen LogP contribution in [-0.4, -0.2) is 57.4 Å². The molecule has 0 saturated carbocycles. The van der Waals surface area contributed by atoms with Gasteiger partial charge in [0.1, 0.15) is 11.5 Å². The molecule has 1 amide bonds. The fourth-order valence-corrected chi connectivity index (χ4v) is 2.19. The van der Waals surface area contributed by atoms with Gasteiger partial charge in [-0.1, -0.05) is 0 Å². The maximum absolute atomic E-state index is 12.5. The summed E-state index contributed by atoms with van der Waals surface area (Å²) in [6.07, 6.45) is -0.100. The molecular weight excluding hydrogens is 296 g/mol. The van der Waals surface area contributed by atoms with Crippen LogP contribution in [0.5, 0.6) is 11.5 Å². The molecule has 1 aliphatic heterocycles. The zero-order chi connectivity index (χ0) is 14.5. The highest BCUT2D eigenvalue weighted by Gasteiger charge is 2.26. The molecule has 1 heterocycles. The summed E-state index contributed by atoms with van der Waals surface area (Å²) in [7, 11) is 3.11. The van der Waals surface area contributed by atoms with Crippen molar-refractivity contribution in [2.45, 2.75) is 6.10 Å². The molecule has 1 atom stereocenters. The molecule has 1 aromatic rings. The van der Waals surface area contributed by atoms with Gasteiger partial charge in [0.15, 0.2) is 0 Å². The van der Waals surface area contributed by atoms with Crippen LogP contribution in [0.25, 0.3) is 0 Å². The minimum absolute atomic E-state index is 0. The Labute approximate surface area is 130 Å². The van der Waals surface area contributed by atoms with Gasteiger partial charge in [0.25, 0.3) is 5.91 Å². The molecule has 1 unspecified atom stereocenters. The largest absolute Gasteiger partial charge is 0.497 e. The molecular formula is C14H21ClN2O4. The molecule has 1 fully saturated rings. The number of carbonyl (C=O) groups excluding carboxylic acids is 1. The number of carbonyl (C=O) groups is 1. The zero-order valence-corrected chi connectivity index (χ0v) is 13.0. The molecule has 0 aliphatic carbocycles. The molecule has 1 aliphatic rings. The Bertz CT molecular complexity index is 484. The average Bonchev–Trinajstić information content (AvgIpc) is 2.53. The Morgan fingerprint density at radius 2 is 2.19 bits per heavy atom. The highest BCUT2D eigenvalue weighted by molar-refractivity contribution is 5.97. The summed E-state index contributed by atoms with van der Waals surface area (Å²) in [5.74, 6) is 1.08. The van der Waals surface area contributed by atoms with Crippen LogP contribution in [0.3, 0.4) is 0 Å². The molecule has 2 N–H and O–H groups in total. The Hall–Kier alpha value is -1.50. The van der Waals surface area contributed by atoms with E-state index in [4.69, 9.17) is 19.9 Å². The molecule has 2 rings (SSSR count). The Morgan fingerprint density at radius 1 is 1.43 bits per heavy atom. The smallest absolute Gasteiger partial charge is 0.257 e. The summed E-state index contributed by atoms with van der Waals surface area (Å²) in [5.41, 5.74) is 6.11. The van der Waals surface area contributed by atoms with Gasteiger partial charge in [-0.15, -0.1) is 12.4 Å². The number of nitrogens with two attached hydrogens (primary N) is 1. The quantitative estimate of drug-likeness (QED) is 0.894. The molecule has 0 radical (unpaired) electrons. The number of benzene rings is 1. The van der Waals surface area contributed by atoms with Crippen molar-refractivity contribution in [2.24, 2.45) is 5.73 Å². The number of hydrogen-bond donors (Lipinski definition) is 1. The lowest BCUT2D eigenvalue weighted by atomic mass is 10.1. The van der Waals surface area contributed by atoms with Gasteiger partial charge in [0.2, 0.25) is 0 Å². The van der Waals surface area contributed by atoms with Crippen LogP contribution in [0.1, 0.15) is 10.4 Å². The lowest BCUT2D eigenvalue weighted by Gasteiger charge is -2.32. The van der Waals surface area contributed by atoms with Crippen LogP contribution in [0.4, 0.5) is 0 Å². The van der Waals surface area contributed by atoms with Gasteiger partial charge in [-0.25, -0.2) is 0 Å². The Balaban J connectivity index is 0.00000220. The van der Waals surface area contributed by atoms with E-state index in [9.17, 15) is 4.79 Å². The summed E-state index contributed by atoms with van der Waals surface area (Å²) in [5, 5.41) is 0. The highest BCUT2D eigenvalue weighted by atomic mass is 35.5. The lowest BCUT2D eigenvalue weighted by Crippen LogP contribution is -2.48. The van der Waals surface area contributed by atoms with Crippen molar-refractivity contribution in [1.29, 1.82) is 0 Å². The molecule has 118 valence electrons. The first kappa shape index (κ1) is 17.6. The third-order valence-electron chi connectivity index (χ3n) is 3.33. The van der Waals surface area contributed by atoms with Gasteiger partial charge >= 0.3 is 0 Å². The van der Waals surface area contributed by atoms with Gasteiger partial charge in [-0.2, -0.15) is 0 Å².